The van der Waals surface area contributed by atoms with Crippen molar-refractivity contribution in [1.82, 2.24) is 4.31 Å². The van der Waals surface area contributed by atoms with Gasteiger partial charge in [-0.25, -0.2) is 4.39 Å². The topological polar surface area (TPSA) is 69.7 Å². The van der Waals surface area contributed by atoms with E-state index in [1.54, 1.807) is 30.3 Å². The maximum Gasteiger partial charge on any atom is 0.303 e. The lowest BCUT2D eigenvalue weighted by Gasteiger charge is -2.27. The number of nitrogens with zero attached hydrogens (tertiary/aromatic N) is 2. The molecule has 0 bridgehead atoms. The van der Waals surface area contributed by atoms with Gasteiger partial charge in [-0.15, -0.1) is 0 Å². The van der Waals surface area contributed by atoms with E-state index in [0.717, 1.165) is 19.7 Å². The van der Waals surface area contributed by atoms with E-state index < -0.39 is 16.0 Å². The molecule has 0 aromatic heterocycles. The summed E-state index contributed by atoms with van der Waals surface area (Å²) in [4.78, 5) is 12.6. The number of aryl methyl sites for hydroxylation is 2. The van der Waals surface area contributed by atoms with Gasteiger partial charge in [0.25, 0.3) is 5.91 Å². The van der Waals surface area contributed by atoms with E-state index in [1.807, 2.05) is 32.0 Å². The smallest absolute Gasteiger partial charge is 0.303 e. The Morgan fingerprint density at radius 2 is 1.59 bits per heavy atom. The summed E-state index contributed by atoms with van der Waals surface area (Å²) in [5, 5.41) is 2.86. The average molecular weight is 456 g/mol. The number of hydrogen-bond acceptors (Lipinski definition) is 3. The molecule has 0 unspecified atom stereocenters. The molecule has 8 heteroatoms. The monoisotopic (exact) mass is 455 g/mol. The lowest BCUT2D eigenvalue weighted by atomic mass is 10.1. The second-order valence-electron chi connectivity index (χ2n) is 7.70. The zero-order valence-electron chi connectivity index (χ0n) is 18.5. The minimum Gasteiger partial charge on any atom is -0.322 e. The summed E-state index contributed by atoms with van der Waals surface area (Å²) in [5.74, 6) is -0.908. The van der Waals surface area contributed by atoms with Gasteiger partial charge in [0.05, 0.1) is 12.2 Å². The summed E-state index contributed by atoms with van der Waals surface area (Å²) in [6.45, 7) is 3.89. The summed E-state index contributed by atoms with van der Waals surface area (Å²) in [6, 6.07) is 18.0. The van der Waals surface area contributed by atoms with Crippen LogP contribution in [0.3, 0.4) is 0 Å². The summed E-state index contributed by atoms with van der Waals surface area (Å²) in [5.41, 5.74) is 3.91. The molecule has 0 heterocycles. The van der Waals surface area contributed by atoms with E-state index >= 15 is 0 Å². The lowest BCUT2D eigenvalue weighted by Crippen LogP contribution is -2.40. The second-order valence-corrected chi connectivity index (χ2v) is 9.77. The predicted octanol–water partition coefficient (Wildman–Crippen LogP) is 4.51. The molecule has 0 fully saturated rings. The minimum atomic E-state index is -3.94. The fourth-order valence-corrected chi connectivity index (χ4v) is 4.20. The fraction of sp³-hybridized carbons (Fsp3) is 0.208. The highest BCUT2D eigenvalue weighted by Gasteiger charge is 2.27. The standard InChI is InChI=1S/C24H26FN3O3S/c1-17-9-14-21(15-18(17)2)26-24(29)20-12-10-19(11-13-20)16-28(32(30,31)27(3)4)23-8-6-5-7-22(23)25/h5-15H,16H2,1-4H3,(H,26,29). The van der Waals surface area contributed by atoms with Gasteiger partial charge in [-0.3, -0.25) is 9.10 Å². The Labute approximate surface area is 188 Å². The normalized spacial score (nSPS) is 11.4. The number of rotatable bonds is 7. The molecule has 32 heavy (non-hydrogen) atoms. The number of benzene rings is 3. The molecule has 0 saturated carbocycles. The fourth-order valence-electron chi connectivity index (χ4n) is 3.09. The van der Waals surface area contributed by atoms with Crippen molar-refractivity contribution in [2.45, 2.75) is 20.4 Å². The number of hydrogen-bond donors (Lipinski definition) is 1. The lowest BCUT2D eigenvalue weighted by molar-refractivity contribution is 0.102. The molecule has 0 saturated heterocycles. The third-order valence-corrected chi connectivity index (χ3v) is 6.97. The van der Waals surface area contributed by atoms with Gasteiger partial charge >= 0.3 is 10.2 Å². The van der Waals surface area contributed by atoms with Crippen molar-refractivity contribution in [2.24, 2.45) is 0 Å². The van der Waals surface area contributed by atoms with Crippen molar-refractivity contribution in [3.8, 4) is 0 Å². The number of halogens is 1. The van der Waals surface area contributed by atoms with Crippen molar-refractivity contribution in [3.05, 3.63) is 94.8 Å². The molecule has 168 valence electrons. The Bertz CT molecular complexity index is 1230. The Morgan fingerprint density at radius 3 is 2.19 bits per heavy atom. The molecule has 0 aliphatic rings. The molecule has 0 aliphatic carbocycles. The summed E-state index contributed by atoms with van der Waals surface area (Å²) < 4.78 is 42.1. The van der Waals surface area contributed by atoms with Gasteiger partial charge < -0.3 is 5.32 Å². The van der Waals surface area contributed by atoms with Gasteiger partial charge in [0.1, 0.15) is 5.82 Å². The SMILES string of the molecule is Cc1ccc(NC(=O)c2ccc(CN(c3ccccc3F)S(=O)(=O)N(C)C)cc2)cc1C. The van der Waals surface area contributed by atoms with Gasteiger partial charge in [0.15, 0.2) is 0 Å². The molecule has 0 atom stereocenters. The van der Waals surface area contributed by atoms with E-state index in [2.05, 4.69) is 5.32 Å². The van der Waals surface area contributed by atoms with Crippen molar-refractivity contribution in [2.75, 3.05) is 23.7 Å². The third-order valence-electron chi connectivity index (χ3n) is 5.17. The van der Waals surface area contributed by atoms with Crippen LogP contribution in [0, 0.1) is 19.7 Å². The molecule has 3 aromatic carbocycles. The van der Waals surface area contributed by atoms with Crippen LogP contribution in [0.1, 0.15) is 27.0 Å². The number of anilines is 2. The molecule has 3 rings (SSSR count). The number of para-hydroxylation sites is 1. The van der Waals surface area contributed by atoms with Gasteiger partial charge in [-0.2, -0.15) is 12.7 Å². The maximum atomic E-state index is 14.4. The number of amides is 1. The van der Waals surface area contributed by atoms with E-state index in [-0.39, 0.29) is 18.1 Å². The van der Waals surface area contributed by atoms with Crippen molar-refractivity contribution < 1.29 is 17.6 Å². The Hall–Kier alpha value is -3.23. The molecular formula is C24H26FN3O3S. The van der Waals surface area contributed by atoms with Crippen LogP contribution in [0.5, 0.6) is 0 Å². The van der Waals surface area contributed by atoms with Gasteiger partial charge in [-0.1, -0.05) is 30.3 Å². The van der Waals surface area contributed by atoms with Gasteiger partial charge in [0.2, 0.25) is 0 Å². The zero-order chi connectivity index (χ0) is 23.5. The molecule has 6 nitrogen and oxygen atoms in total. The van der Waals surface area contributed by atoms with Gasteiger partial charge in [-0.05, 0) is 66.9 Å². The van der Waals surface area contributed by atoms with Crippen LogP contribution < -0.4 is 9.62 Å². The number of nitrogens with one attached hydrogen (secondary N) is 1. The highest BCUT2D eigenvalue weighted by Crippen LogP contribution is 2.25. The van der Waals surface area contributed by atoms with Crippen molar-refractivity contribution in [3.63, 3.8) is 0 Å². The van der Waals surface area contributed by atoms with Crippen LogP contribution >= 0.6 is 0 Å². The molecule has 0 spiro atoms. The summed E-state index contributed by atoms with van der Waals surface area (Å²) >= 11 is 0. The third kappa shape index (κ3) is 5.15. The molecule has 1 amide bonds. The Morgan fingerprint density at radius 1 is 0.938 bits per heavy atom. The largest absolute Gasteiger partial charge is 0.322 e. The minimum absolute atomic E-state index is 0.0437. The zero-order valence-corrected chi connectivity index (χ0v) is 19.3. The Balaban J connectivity index is 1.82. The highest BCUT2D eigenvalue weighted by atomic mass is 32.2. The van der Waals surface area contributed by atoms with Crippen LogP contribution in [0.4, 0.5) is 15.8 Å². The molecule has 1 N–H and O–H groups in total. The molecular weight excluding hydrogens is 429 g/mol. The average Bonchev–Trinajstić information content (AvgIpc) is 2.75. The first kappa shape index (κ1) is 23.4. The van der Waals surface area contributed by atoms with Crippen LogP contribution in [0.15, 0.2) is 66.7 Å². The first-order valence-corrected chi connectivity index (χ1v) is 11.4. The van der Waals surface area contributed by atoms with E-state index in [4.69, 9.17) is 0 Å². The summed E-state index contributed by atoms with van der Waals surface area (Å²) in [7, 11) is -1.16. The van der Waals surface area contributed by atoms with E-state index in [1.165, 1.54) is 32.3 Å². The van der Waals surface area contributed by atoms with Crippen LogP contribution in [-0.4, -0.2) is 32.7 Å². The first-order valence-electron chi connectivity index (χ1n) is 10.0. The number of carbonyl (C=O) groups is 1. The summed E-state index contributed by atoms with van der Waals surface area (Å²) in [6.07, 6.45) is 0. The van der Waals surface area contributed by atoms with Crippen molar-refractivity contribution >= 4 is 27.5 Å². The number of carbonyl (C=O) groups excluding carboxylic acids is 1. The quantitative estimate of drug-likeness (QED) is 0.570. The van der Waals surface area contributed by atoms with Gasteiger partial charge in [0, 0.05) is 25.3 Å². The predicted molar refractivity (Wildman–Crippen MR) is 126 cm³/mol. The van der Waals surface area contributed by atoms with Crippen LogP contribution in [0.25, 0.3) is 0 Å². The molecule has 0 radical (unpaired) electrons. The van der Waals surface area contributed by atoms with E-state index in [9.17, 15) is 17.6 Å². The van der Waals surface area contributed by atoms with Crippen molar-refractivity contribution in [1.29, 1.82) is 0 Å². The van der Waals surface area contributed by atoms with Crippen LogP contribution in [0.2, 0.25) is 0 Å². The maximum absolute atomic E-state index is 14.4. The van der Waals surface area contributed by atoms with Crippen LogP contribution in [-0.2, 0) is 16.8 Å². The molecule has 3 aromatic rings. The highest BCUT2D eigenvalue weighted by molar-refractivity contribution is 7.90. The second kappa shape index (κ2) is 9.50. The Kier molecular flexibility index (Phi) is 6.96. The van der Waals surface area contributed by atoms with E-state index in [0.29, 0.717) is 16.8 Å². The first-order chi connectivity index (χ1) is 15.1. The molecule has 0 aliphatic heterocycles.